The Kier molecular flexibility index (Phi) is 5.70. The van der Waals surface area contributed by atoms with Crippen LogP contribution < -0.4 is 15.4 Å². The topological polar surface area (TPSA) is 45.6 Å². The van der Waals surface area contributed by atoms with E-state index in [9.17, 15) is 0 Å². The molecule has 0 bridgehead atoms. The average Bonchev–Trinajstić information content (AvgIpc) is 2.73. The summed E-state index contributed by atoms with van der Waals surface area (Å²) in [5, 5.41) is 8.04. The summed E-state index contributed by atoms with van der Waals surface area (Å²) in [5.41, 5.74) is 2.86. The van der Waals surface area contributed by atoms with E-state index in [-0.39, 0.29) is 6.04 Å². The number of guanidine groups is 1. The minimum atomic E-state index is -0.141. The number of ether oxygens (including phenoxy) is 1. The number of halogens is 2. The second kappa shape index (κ2) is 8.55. The van der Waals surface area contributed by atoms with E-state index < -0.39 is 0 Å². The standard InChI is InChI=1S/C22H19Cl2N3O/c23-15-10-11-19(24)18(14-15)21-17-8-4-5-9-20(17)26-22(27-21)25-12-13-28-16-6-2-1-3-7-16/h1-11,14,21H,12-13H2,(H2,25,26,27). The molecule has 3 aromatic rings. The number of fused-ring (bicyclic) bond motifs is 1. The van der Waals surface area contributed by atoms with Crippen LogP contribution in [0.5, 0.6) is 5.75 Å². The molecular weight excluding hydrogens is 393 g/mol. The van der Waals surface area contributed by atoms with Crippen molar-refractivity contribution in [3.8, 4) is 5.75 Å². The molecule has 0 saturated carbocycles. The molecule has 0 aromatic heterocycles. The molecule has 142 valence electrons. The predicted molar refractivity (Wildman–Crippen MR) is 115 cm³/mol. The van der Waals surface area contributed by atoms with E-state index in [1.807, 2.05) is 66.7 Å². The second-order valence-corrected chi connectivity index (χ2v) is 7.19. The van der Waals surface area contributed by atoms with Gasteiger partial charge in [0.25, 0.3) is 0 Å². The summed E-state index contributed by atoms with van der Waals surface area (Å²) in [7, 11) is 0. The zero-order valence-electron chi connectivity index (χ0n) is 15.0. The monoisotopic (exact) mass is 411 g/mol. The molecule has 1 unspecified atom stereocenters. The lowest BCUT2D eigenvalue weighted by Gasteiger charge is -2.28. The first-order valence-corrected chi connectivity index (χ1v) is 9.77. The van der Waals surface area contributed by atoms with E-state index in [1.54, 1.807) is 6.07 Å². The lowest BCUT2D eigenvalue weighted by Crippen LogP contribution is -2.43. The van der Waals surface area contributed by atoms with Crippen LogP contribution in [0.1, 0.15) is 17.2 Å². The van der Waals surface area contributed by atoms with Crippen LogP contribution in [0.4, 0.5) is 5.69 Å². The molecule has 0 fully saturated rings. The summed E-state index contributed by atoms with van der Waals surface area (Å²) in [6.45, 7) is 1.13. The molecule has 0 saturated heterocycles. The highest BCUT2D eigenvalue weighted by molar-refractivity contribution is 6.33. The largest absolute Gasteiger partial charge is 0.492 e. The van der Waals surface area contributed by atoms with Gasteiger partial charge in [0.1, 0.15) is 12.4 Å². The molecule has 1 heterocycles. The van der Waals surface area contributed by atoms with Crippen LogP contribution in [0.3, 0.4) is 0 Å². The van der Waals surface area contributed by atoms with Crippen LogP contribution in [-0.2, 0) is 0 Å². The highest BCUT2D eigenvalue weighted by Crippen LogP contribution is 2.37. The van der Waals surface area contributed by atoms with Gasteiger partial charge in [-0.1, -0.05) is 59.6 Å². The van der Waals surface area contributed by atoms with Crippen LogP contribution in [-0.4, -0.2) is 19.1 Å². The minimum Gasteiger partial charge on any atom is -0.492 e. The van der Waals surface area contributed by atoms with Crippen LogP contribution in [0.2, 0.25) is 10.0 Å². The lowest BCUT2D eigenvalue weighted by molar-refractivity contribution is 0.322. The first-order chi connectivity index (χ1) is 13.7. The smallest absolute Gasteiger partial charge is 0.197 e. The van der Waals surface area contributed by atoms with E-state index in [4.69, 9.17) is 27.9 Å². The first kappa shape index (κ1) is 18.7. The Bertz CT molecular complexity index is 992. The number of hydrogen-bond donors (Lipinski definition) is 2. The normalized spacial score (nSPS) is 15.2. The van der Waals surface area contributed by atoms with Crippen molar-refractivity contribution in [2.75, 3.05) is 13.2 Å². The van der Waals surface area contributed by atoms with Crippen molar-refractivity contribution in [2.24, 2.45) is 4.99 Å². The number of nitrogens with one attached hydrogen (secondary N) is 2. The fourth-order valence-electron chi connectivity index (χ4n) is 3.13. The van der Waals surface area contributed by atoms with Gasteiger partial charge in [0.2, 0.25) is 0 Å². The third-order valence-electron chi connectivity index (χ3n) is 4.44. The van der Waals surface area contributed by atoms with Crippen molar-refractivity contribution in [3.63, 3.8) is 0 Å². The second-order valence-electron chi connectivity index (χ2n) is 6.35. The van der Waals surface area contributed by atoms with Crippen LogP contribution in [0, 0.1) is 0 Å². The quantitative estimate of drug-likeness (QED) is 0.556. The van der Waals surface area contributed by atoms with Gasteiger partial charge in [-0.15, -0.1) is 0 Å². The third kappa shape index (κ3) is 4.24. The summed E-state index contributed by atoms with van der Waals surface area (Å²) < 4.78 is 5.73. The fraction of sp³-hybridized carbons (Fsp3) is 0.136. The molecule has 3 aromatic carbocycles. The van der Waals surface area contributed by atoms with Crippen LogP contribution in [0.15, 0.2) is 77.8 Å². The molecule has 6 heteroatoms. The minimum absolute atomic E-state index is 0.141. The molecule has 0 aliphatic carbocycles. The number of para-hydroxylation sites is 2. The van der Waals surface area contributed by atoms with Gasteiger partial charge < -0.3 is 15.4 Å². The number of hydrogen-bond acceptors (Lipinski definition) is 4. The van der Waals surface area contributed by atoms with Gasteiger partial charge in [-0.05, 0) is 42.0 Å². The molecule has 0 radical (unpaired) electrons. The van der Waals surface area contributed by atoms with Crippen molar-refractivity contribution in [3.05, 3.63) is 94.0 Å². The van der Waals surface area contributed by atoms with Crippen LogP contribution >= 0.6 is 23.2 Å². The Morgan fingerprint density at radius 3 is 2.57 bits per heavy atom. The molecule has 4 nitrogen and oxygen atoms in total. The van der Waals surface area contributed by atoms with Gasteiger partial charge in [0.15, 0.2) is 5.96 Å². The maximum Gasteiger partial charge on any atom is 0.197 e. The Morgan fingerprint density at radius 2 is 1.71 bits per heavy atom. The predicted octanol–water partition coefficient (Wildman–Crippen LogP) is 5.34. The number of benzene rings is 3. The fourth-order valence-corrected chi connectivity index (χ4v) is 3.53. The van der Waals surface area contributed by atoms with E-state index in [1.165, 1.54) is 0 Å². The van der Waals surface area contributed by atoms with Crippen molar-refractivity contribution in [1.82, 2.24) is 10.6 Å². The molecule has 0 amide bonds. The first-order valence-electron chi connectivity index (χ1n) is 9.01. The Morgan fingerprint density at radius 1 is 0.929 bits per heavy atom. The molecule has 2 N–H and O–H groups in total. The van der Waals surface area contributed by atoms with Gasteiger partial charge >= 0.3 is 0 Å². The molecule has 1 aliphatic heterocycles. The molecule has 1 atom stereocenters. The van der Waals surface area contributed by atoms with Crippen LogP contribution in [0.25, 0.3) is 0 Å². The van der Waals surface area contributed by atoms with E-state index in [2.05, 4.69) is 15.6 Å². The lowest BCUT2D eigenvalue weighted by atomic mass is 9.96. The summed E-state index contributed by atoms with van der Waals surface area (Å²) in [6, 6.07) is 23.1. The average molecular weight is 412 g/mol. The van der Waals surface area contributed by atoms with Gasteiger partial charge in [-0.2, -0.15) is 0 Å². The molecular formula is C22H19Cl2N3O. The third-order valence-corrected chi connectivity index (χ3v) is 5.02. The van der Waals surface area contributed by atoms with Crippen molar-refractivity contribution >= 4 is 34.8 Å². The number of rotatable bonds is 5. The molecule has 4 rings (SSSR count). The molecule has 0 spiro atoms. The Labute approximate surface area is 174 Å². The summed E-state index contributed by atoms with van der Waals surface area (Å²) in [6.07, 6.45) is 0. The zero-order chi connectivity index (χ0) is 19.3. The summed E-state index contributed by atoms with van der Waals surface area (Å²) >= 11 is 12.7. The zero-order valence-corrected chi connectivity index (χ0v) is 16.5. The maximum absolute atomic E-state index is 6.46. The maximum atomic E-state index is 6.46. The van der Waals surface area contributed by atoms with Crippen molar-refractivity contribution < 1.29 is 4.74 Å². The number of nitrogens with zero attached hydrogens (tertiary/aromatic N) is 1. The SMILES string of the molecule is Clc1ccc(Cl)c(C2NC(NCCOc3ccccc3)=Nc3ccccc32)c1. The number of aliphatic imine (C=N–C) groups is 1. The van der Waals surface area contributed by atoms with Gasteiger partial charge in [-0.25, -0.2) is 4.99 Å². The highest BCUT2D eigenvalue weighted by atomic mass is 35.5. The Hall–Kier alpha value is -2.69. The van der Waals surface area contributed by atoms with Crippen molar-refractivity contribution in [1.29, 1.82) is 0 Å². The van der Waals surface area contributed by atoms with Crippen molar-refractivity contribution in [2.45, 2.75) is 6.04 Å². The van der Waals surface area contributed by atoms with Gasteiger partial charge in [-0.3, -0.25) is 0 Å². The van der Waals surface area contributed by atoms with E-state index >= 15 is 0 Å². The van der Waals surface area contributed by atoms with E-state index in [0.717, 1.165) is 22.6 Å². The molecule has 1 aliphatic rings. The van der Waals surface area contributed by atoms with Gasteiger partial charge in [0.05, 0.1) is 18.3 Å². The molecule has 28 heavy (non-hydrogen) atoms. The summed E-state index contributed by atoms with van der Waals surface area (Å²) in [5.74, 6) is 1.52. The van der Waals surface area contributed by atoms with Gasteiger partial charge in [0, 0.05) is 15.6 Å². The highest BCUT2D eigenvalue weighted by Gasteiger charge is 2.25. The van der Waals surface area contributed by atoms with E-state index in [0.29, 0.717) is 29.2 Å². The summed E-state index contributed by atoms with van der Waals surface area (Å²) in [4.78, 5) is 4.68. The Balaban J connectivity index is 1.50.